The molecule has 3 rings (SSSR count). The summed E-state index contributed by atoms with van der Waals surface area (Å²) in [6.07, 6.45) is -4.70. The van der Waals surface area contributed by atoms with Gasteiger partial charge in [0.05, 0.1) is 12.9 Å². The Bertz CT molecular complexity index is 939. The molecule has 0 radical (unpaired) electrons. The third-order valence-electron chi connectivity index (χ3n) is 4.34. The van der Waals surface area contributed by atoms with Crippen LogP contribution in [0.3, 0.4) is 0 Å². The van der Waals surface area contributed by atoms with E-state index >= 15 is 0 Å². The molecule has 7 N–H and O–H groups in total. The van der Waals surface area contributed by atoms with Crippen molar-refractivity contribution in [3.05, 3.63) is 0 Å². The van der Waals surface area contributed by atoms with E-state index < -0.39 is 69.1 Å². The Kier molecular flexibility index (Phi) is 5.61. The van der Waals surface area contributed by atoms with E-state index in [0.717, 1.165) is 4.90 Å². The quantitative estimate of drug-likeness (QED) is 0.203. The molecule has 168 valence electrons. The summed E-state index contributed by atoms with van der Waals surface area (Å²) in [5.41, 5.74) is -2.94. The number of aliphatic hydroxyl groups is 3. The Balaban J connectivity index is 1.99. The highest BCUT2D eigenvalue weighted by Gasteiger charge is 2.69. The molecule has 1 fully saturated rings. The first kappa shape index (κ1) is 23.1. The van der Waals surface area contributed by atoms with Crippen LogP contribution in [0.4, 0.5) is 8.78 Å². The van der Waals surface area contributed by atoms with E-state index in [1.165, 1.54) is 0 Å². The number of halogens is 2. The Morgan fingerprint density at radius 2 is 1.93 bits per heavy atom. The molecule has 0 bridgehead atoms. The van der Waals surface area contributed by atoms with Crippen molar-refractivity contribution in [2.75, 3.05) is 6.61 Å². The van der Waals surface area contributed by atoms with Crippen molar-refractivity contribution in [2.24, 2.45) is 15.0 Å². The van der Waals surface area contributed by atoms with Gasteiger partial charge in [0.15, 0.2) is 17.9 Å². The average Bonchev–Trinajstić information content (AvgIpc) is 3.13. The topological polar surface area (TPSA) is 238 Å². The van der Waals surface area contributed by atoms with Gasteiger partial charge in [0.25, 0.3) is 5.72 Å². The van der Waals surface area contributed by atoms with E-state index in [9.17, 15) is 38.1 Å². The number of hydrogen-bond donors (Lipinski definition) is 7. The van der Waals surface area contributed by atoms with Crippen molar-refractivity contribution >= 4 is 39.5 Å². The summed E-state index contributed by atoms with van der Waals surface area (Å²) in [4.78, 5) is 38.4. The number of rotatable bonds is 6. The number of amidine groups is 2. The van der Waals surface area contributed by atoms with Gasteiger partial charge >= 0.3 is 20.6 Å². The maximum Gasteiger partial charge on any atom is 0.443 e. The number of ether oxygens (including phenoxy) is 1. The van der Waals surface area contributed by atoms with Crippen molar-refractivity contribution in [3.63, 3.8) is 0 Å². The number of fused-ring (bicyclic) bond motifs is 1. The summed E-state index contributed by atoms with van der Waals surface area (Å²) in [6, 6.07) is 0. The van der Waals surface area contributed by atoms with Crippen LogP contribution in [0.2, 0.25) is 0 Å². The number of nitrogens with zero attached hydrogens (tertiary/aromatic N) is 4. The van der Waals surface area contributed by atoms with Crippen LogP contribution in [0.1, 0.15) is 0 Å². The smallest absolute Gasteiger partial charge is 0.394 e. The molecular formula is C11H15F2N5O10P2. The molecule has 2 unspecified atom stereocenters. The lowest BCUT2D eigenvalue weighted by molar-refractivity contribution is -0.0521. The summed E-state index contributed by atoms with van der Waals surface area (Å²) < 4.78 is 60.6. The first-order valence-corrected chi connectivity index (χ1v) is 11.0. The van der Waals surface area contributed by atoms with Gasteiger partial charge in [-0.25, -0.2) is 15.0 Å². The summed E-state index contributed by atoms with van der Waals surface area (Å²) >= 11 is 0. The highest BCUT2D eigenvalue weighted by molar-refractivity contribution is 7.72. The third kappa shape index (κ3) is 3.27. The molecule has 0 amide bonds. The number of hydrogen-bond acceptors (Lipinski definition) is 11. The lowest BCUT2D eigenvalue weighted by Crippen LogP contribution is -2.55. The molecule has 0 saturated carbocycles. The van der Waals surface area contributed by atoms with E-state index in [1.807, 2.05) is 0 Å². The fourth-order valence-corrected chi connectivity index (χ4v) is 4.91. The second-order valence-electron chi connectivity index (χ2n) is 6.24. The summed E-state index contributed by atoms with van der Waals surface area (Å²) in [5.74, 6) is -1.76. The van der Waals surface area contributed by atoms with Crippen LogP contribution in [-0.2, 0) is 18.4 Å². The Morgan fingerprint density at radius 1 is 1.30 bits per heavy atom. The molecule has 3 aliphatic rings. The molecule has 0 aromatic carbocycles. The van der Waals surface area contributed by atoms with Crippen molar-refractivity contribution in [1.29, 1.82) is 5.41 Å². The zero-order chi connectivity index (χ0) is 22.7. The minimum absolute atomic E-state index is 0.701. The number of nitrogens with one attached hydrogen (secondary N) is 1. The Labute approximate surface area is 165 Å². The molecule has 0 aliphatic carbocycles. The lowest BCUT2D eigenvalue weighted by atomic mass is 10.1. The predicted octanol–water partition coefficient (Wildman–Crippen LogP) is -2.19. The van der Waals surface area contributed by atoms with E-state index in [0.29, 0.717) is 12.7 Å². The van der Waals surface area contributed by atoms with Gasteiger partial charge in [0, 0.05) is 0 Å². The summed E-state index contributed by atoms with van der Waals surface area (Å²) in [5, 5.41) is 31.4. The van der Waals surface area contributed by atoms with Gasteiger partial charge in [0.2, 0.25) is 0 Å². The van der Waals surface area contributed by atoms with Gasteiger partial charge in [-0.3, -0.25) is 24.0 Å². The minimum atomic E-state index is -6.53. The first-order chi connectivity index (χ1) is 13.7. The zero-order valence-corrected chi connectivity index (χ0v) is 16.2. The molecule has 3 heterocycles. The van der Waals surface area contributed by atoms with Crippen LogP contribution >= 0.6 is 15.2 Å². The van der Waals surface area contributed by atoms with Crippen molar-refractivity contribution in [2.45, 2.75) is 35.7 Å². The first-order valence-electron chi connectivity index (χ1n) is 7.82. The molecule has 30 heavy (non-hydrogen) atoms. The maximum absolute atomic E-state index is 13.9. The predicted molar refractivity (Wildman–Crippen MR) is 92.4 cm³/mol. The highest BCUT2D eigenvalue weighted by Crippen LogP contribution is 2.74. The van der Waals surface area contributed by atoms with Gasteiger partial charge < -0.3 is 34.7 Å². The van der Waals surface area contributed by atoms with Crippen LogP contribution in [0.5, 0.6) is 0 Å². The van der Waals surface area contributed by atoms with Gasteiger partial charge in [-0.2, -0.15) is 8.78 Å². The van der Waals surface area contributed by atoms with Crippen LogP contribution in [0, 0.1) is 5.41 Å². The largest absolute Gasteiger partial charge is 0.443 e. The Morgan fingerprint density at radius 3 is 2.47 bits per heavy atom. The SMILES string of the molecule is N=C1N=CN=C2N([C@@H]3O[C@H](CO)[C@@H](O)[C@H]3O)C=NC12OP(=O)(O)C(F)(F)P(=O)(O)O. The molecule has 19 heteroatoms. The lowest BCUT2D eigenvalue weighted by Gasteiger charge is -2.34. The minimum Gasteiger partial charge on any atom is -0.394 e. The van der Waals surface area contributed by atoms with E-state index in [-0.39, 0.29) is 0 Å². The van der Waals surface area contributed by atoms with Crippen molar-refractivity contribution in [3.8, 4) is 0 Å². The summed E-state index contributed by atoms with van der Waals surface area (Å²) in [7, 11) is -13.0. The van der Waals surface area contributed by atoms with E-state index in [4.69, 9.17) is 19.9 Å². The fraction of sp³-hybridized carbons (Fsp3) is 0.636. The van der Waals surface area contributed by atoms with E-state index in [2.05, 4.69) is 19.5 Å². The highest BCUT2D eigenvalue weighted by atomic mass is 31.2. The standard InChI is InChI=1S/C11H15F2N5O10P2/c12-11(13,29(22,23)24)30(25,26)28-10-8(14)15-2-16-9(10)18(3-17-10)7-6(21)5(20)4(1-19)27-7/h2-7,14,19-21H,1H2,(H,25,26)(H2,22,23,24)/t4-,5-,6-,7-,10?/m1/s1. The molecule has 3 aliphatic heterocycles. The van der Waals surface area contributed by atoms with Crippen LogP contribution in [-0.4, -0.2) is 102 Å². The van der Waals surface area contributed by atoms with Crippen molar-refractivity contribution in [1.82, 2.24) is 4.90 Å². The molecule has 0 aromatic heterocycles. The van der Waals surface area contributed by atoms with E-state index in [1.54, 1.807) is 0 Å². The monoisotopic (exact) mass is 477 g/mol. The fourth-order valence-electron chi connectivity index (χ4n) is 2.78. The van der Waals surface area contributed by atoms with Gasteiger partial charge in [-0.05, 0) is 0 Å². The molecule has 0 aromatic rings. The molecule has 1 saturated heterocycles. The second-order valence-corrected chi connectivity index (χ2v) is 10.0. The van der Waals surface area contributed by atoms with Gasteiger partial charge in [-0.1, -0.05) is 0 Å². The van der Waals surface area contributed by atoms with Crippen LogP contribution in [0.25, 0.3) is 0 Å². The van der Waals surface area contributed by atoms with Crippen LogP contribution < -0.4 is 0 Å². The van der Waals surface area contributed by atoms with Gasteiger partial charge in [-0.15, -0.1) is 0 Å². The maximum atomic E-state index is 13.9. The third-order valence-corrected chi connectivity index (χ3v) is 7.77. The Hall–Kier alpha value is -1.52. The summed E-state index contributed by atoms with van der Waals surface area (Å²) in [6.45, 7) is -0.717. The molecule has 0 spiro atoms. The second kappa shape index (κ2) is 7.27. The number of aliphatic hydroxyl groups excluding tert-OH is 3. The number of aliphatic imine (C=N–C) groups is 3. The normalized spacial score (nSPS) is 36.1. The molecule has 15 nitrogen and oxygen atoms in total. The van der Waals surface area contributed by atoms with Gasteiger partial charge in [0.1, 0.15) is 24.7 Å². The number of alkyl halides is 2. The zero-order valence-electron chi connectivity index (χ0n) is 14.4. The molecular weight excluding hydrogens is 462 g/mol. The average molecular weight is 477 g/mol. The van der Waals surface area contributed by atoms with Crippen LogP contribution in [0.15, 0.2) is 15.0 Å². The van der Waals surface area contributed by atoms with Crippen molar-refractivity contribution < 1.29 is 57.2 Å². The molecule has 6 atom stereocenters.